The number of hydrogen-bond donors (Lipinski definition) is 0. The Balaban J connectivity index is 0.00000131. The molecule has 0 spiro atoms. The van der Waals surface area contributed by atoms with Crippen molar-refractivity contribution in [3.63, 3.8) is 0 Å². The van der Waals surface area contributed by atoms with Crippen LogP contribution in [0.25, 0.3) is 0 Å². The first-order valence-corrected chi connectivity index (χ1v) is 10.5. The van der Waals surface area contributed by atoms with Gasteiger partial charge in [0, 0.05) is 0 Å². The molecule has 2 nitrogen and oxygen atoms in total. The zero-order chi connectivity index (χ0) is 17.6. The third-order valence-corrected chi connectivity index (χ3v) is 6.47. The second kappa shape index (κ2) is 9.02. The van der Waals surface area contributed by atoms with Crippen LogP contribution in [-0.2, 0) is 19.9 Å². The molecule has 1 aliphatic heterocycles. The average Bonchev–Trinajstić information content (AvgIpc) is 3.04. The molecule has 0 saturated heterocycles. The summed E-state index contributed by atoms with van der Waals surface area (Å²) in [6.07, 6.45) is 0. The van der Waals surface area contributed by atoms with Crippen LogP contribution in [0.15, 0.2) is 41.8 Å². The van der Waals surface area contributed by atoms with Gasteiger partial charge in [0.1, 0.15) is 0 Å². The summed E-state index contributed by atoms with van der Waals surface area (Å²) >= 11 is 0.812. The SMILES string of the molecule is Cc1cc(C)c2c(c1)C(c1cccs1)c1cc(C)cc(C)c1[O][Ti+2][O]2.[Cl-].[Cl-]. The van der Waals surface area contributed by atoms with Crippen molar-refractivity contribution >= 4 is 11.3 Å². The van der Waals surface area contributed by atoms with Crippen molar-refractivity contribution in [2.75, 3.05) is 0 Å². The third kappa shape index (κ3) is 4.23. The molecule has 0 bridgehead atoms. The number of aryl methyl sites for hydroxylation is 4. The molecule has 0 amide bonds. The molecule has 0 aliphatic carbocycles. The summed E-state index contributed by atoms with van der Waals surface area (Å²) in [5.41, 5.74) is 7.45. The van der Waals surface area contributed by atoms with E-state index >= 15 is 0 Å². The Kier molecular flexibility index (Phi) is 7.46. The number of thiophene rings is 1. The van der Waals surface area contributed by atoms with E-state index in [0.717, 1.165) is 11.5 Å². The first-order valence-electron chi connectivity index (χ1n) is 8.39. The molecule has 0 N–H and O–H groups in total. The molecule has 0 saturated carbocycles. The number of benzene rings is 2. The summed E-state index contributed by atoms with van der Waals surface area (Å²) in [6.45, 7) is 8.58. The summed E-state index contributed by atoms with van der Waals surface area (Å²) in [5.74, 6) is 2.16. The minimum Gasteiger partial charge on any atom is -1.00 e. The molecule has 0 radical (unpaired) electrons. The van der Waals surface area contributed by atoms with Crippen LogP contribution in [0.1, 0.15) is 44.2 Å². The van der Waals surface area contributed by atoms with Gasteiger partial charge in [0.2, 0.25) is 0 Å². The summed E-state index contributed by atoms with van der Waals surface area (Å²) in [6, 6.07) is 13.3. The number of fused-ring (bicyclic) bond motifs is 2. The molecule has 2 heterocycles. The van der Waals surface area contributed by atoms with Crippen LogP contribution in [0, 0.1) is 27.7 Å². The molecule has 4 rings (SSSR count). The van der Waals surface area contributed by atoms with Crippen LogP contribution in [0.2, 0.25) is 0 Å². The molecule has 2 aromatic carbocycles. The zero-order valence-corrected chi connectivity index (χ0v) is 19.5. The average molecular weight is 455 g/mol. The van der Waals surface area contributed by atoms with Gasteiger partial charge in [-0.25, -0.2) is 0 Å². The van der Waals surface area contributed by atoms with E-state index in [9.17, 15) is 0 Å². The quantitative estimate of drug-likeness (QED) is 0.476. The van der Waals surface area contributed by atoms with Crippen molar-refractivity contribution in [3.05, 3.63) is 80.0 Å². The third-order valence-electron chi connectivity index (χ3n) is 4.63. The predicted octanol–water partition coefficient (Wildman–Crippen LogP) is -0.146. The molecule has 140 valence electrons. The Hall–Kier alpha value is -0.966. The minimum absolute atomic E-state index is 0. The van der Waals surface area contributed by atoms with Crippen LogP contribution >= 0.6 is 11.3 Å². The number of halogens is 2. The van der Waals surface area contributed by atoms with Gasteiger partial charge in [0.05, 0.1) is 0 Å². The van der Waals surface area contributed by atoms with E-state index in [1.54, 1.807) is 11.3 Å². The Morgan fingerprint density at radius 2 is 1.33 bits per heavy atom. The number of rotatable bonds is 1. The van der Waals surface area contributed by atoms with Crippen molar-refractivity contribution in [2.24, 2.45) is 0 Å². The zero-order valence-electron chi connectivity index (χ0n) is 15.6. The van der Waals surface area contributed by atoms with Crippen molar-refractivity contribution in [2.45, 2.75) is 33.6 Å². The summed E-state index contributed by atoms with van der Waals surface area (Å²) in [7, 11) is 0. The van der Waals surface area contributed by atoms with Crippen LogP contribution in [-0.4, -0.2) is 0 Å². The van der Waals surface area contributed by atoms with Crippen molar-refractivity contribution < 1.29 is 51.4 Å². The first-order chi connectivity index (χ1) is 12.0. The van der Waals surface area contributed by atoms with E-state index < -0.39 is 19.9 Å². The first kappa shape index (κ1) is 22.3. The molecule has 1 aliphatic rings. The van der Waals surface area contributed by atoms with E-state index in [1.165, 1.54) is 38.3 Å². The van der Waals surface area contributed by atoms with Crippen molar-refractivity contribution in [1.82, 2.24) is 0 Å². The predicted molar refractivity (Wildman–Crippen MR) is 98.4 cm³/mol. The Labute approximate surface area is 187 Å². The standard InChI is InChI=1S/C21H22O2S.2ClH.Ti/c1-12-8-14(3)20(22)16(10-12)19(18-6-5-7-24-18)17-11-13(2)9-15(4)21(17)23;;;/h5-11,19,22-23H,1-4H3;2*1H;/q;;;+4/p-4. The molecular weight excluding hydrogens is 435 g/mol. The largest absolute Gasteiger partial charge is 1.00 e. The molecule has 27 heavy (non-hydrogen) atoms. The van der Waals surface area contributed by atoms with Crippen molar-refractivity contribution in [3.8, 4) is 11.5 Å². The van der Waals surface area contributed by atoms with Gasteiger partial charge in [-0.1, -0.05) is 0 Å². The normalized spacial score (nSPS) is 12.3. The van der Waals surface area contributed by atoms with Gasteiger partial charge < -0.3 is 24.8 Å². The van der Waals surface area contributed by atoms with Gasteiger partial charge in [0.25, 0.3) is 0 Å². The summed E-state index contributed by atoms with van der Waals surface area (Å²) in [5, 5.41) is 2.15. The smallest absolute Gasteiger partial charge is 1.00 e. The van der Waals surface area contributed by atoms with E-state index in [0.29, 0.717) is 0 Å². The maximum absolute atomic E-state index is 6.19. The topological polar surface area (TPSA) is 18.5 Å². The van der Waals surface area contributed by atoms with Gasteiger partial charge in [0.15, 0.2) is 0 Å². The van der Waals surface area contributed by atoms with Crippen molar-refractivity contribution in [1.29, 1.82) is 0 Å². The second-order valence-electron chi connectivity index (χ2n) is 6.74. The van der Waals surface area contributed by atoms with E-state index in [-0.39, 0.29) is 30.7 Å². The molecule has 6 heteroatoms. The van der Waals surface area contributed by atoms with Gasteiger partial charge >= 0.3 is 163 Å². The molecule has 3 aromatic rings. The van der Waals surface area contributed by atoms with Crippen LogP contribution in [0.5, 0.6) is 11.5 Å². The fourth-order valence-electron chi connectivity index (χ4n) is 3.72. The Morgan fingerprint density at radius 3 is 1.78 bits per heavy atom. The fraction of sp³-hybridized carbons (Fsp3) is 0.238. The van der Waals surface area contributed by atoms with E-state index in [2.05, 4.69) is 69.5 Å². The molecule has 1 aromatic heterocycles. The monoisotopic (exact) mass is 454 g/mol. The molecule has 0 unspecified atom stereocenters. The van der Waals surface area contributed by atoms with Crippen LogP contribution in [0.3, 0.4) is 0 Å². The van der Waals surface area contributed by atoms with E-state index in [1.807, 2.05) is 0 Å². The van der Waals surface area contributed by atoms with E-state index in [4.69, 9.17) is 6.64 Å². The van der Waals surface area contributed by atoms with Gasteiger partial charge in [-0.2, -0.15) is 0 Å². The fourth-order valence-corrected chi connectivity index (χ4v) is 5.77. The van der Waals surface area contributed by atoms with Gasteiger partial charge in [-0.05, 0) is 0 Å². The van der Waals surface area contributed by atoms with Crippen LogP contribution < -0.4 is 31.5 Å². The summed E-state index contributed by atoms with van der Waals surface area (Å²) < 4.78 is 12.4. The van der Waals surface area contributed by atoms with Gasteiger partial charge in [-0.15, -0.1) is 0 Å². The van der Waals surface area contributed by atoms with Crippen LogP contribution in [0.4, 0.5) is 0 Å². The Bertz CT molecular complexity index is 882. The molecular formula is C21H20Cl2O2STi. The maximum atomic E-state index is 6.19. The molecule has 0 atom stereocenters. The minimum atomic E-state index is -0.983. The summed E-state index contributed by atoms with van der Waals surface area (Å²) in [4.78, 5) is 1.33. The second-order valence-corrected chi connectivity index (χ2v) is 8.61. The molecule has 0 fully saturated rings. The maximum Gasteiger partial charge on any atom is -1.00 e. The Morgan fingerprint density at radius 1 is 0.815 bits per heavy atom. The number of hydrogen-bond acceptors (Lipinski definition) is 3. The van der Waals surface area contributed by atoms with Gasteiger partial charge in [-0.3, -0.25) is 0 Å².